The summed E-state index contributed by atoms with van der Waals surface area (Å²) in [5.74, 6) is 0.844. The minimum absolute atomic E-state index is 0.243. The molecule has 0 amide bonds. The Kier molecular flexibility index (Phi) is 2.31. The van der Waals surface area contributed by atoms with E-state index in [2.05, 4.69) is 25.5 Å². The van der Waals surface area contributed by atoms with Crippen LogP contribution in [0.4, 0.5) is 0 Å². The van der Waals surface area contributed by atoms with E-state index in [-0.39, 0.29) is 5.92 Å². The molecular weight excluding hydrogens is 272 g/mol. The zero-order valence-electron chi connectivity index (χ0n) is 8.82. The third kappa shape index (κ3) is 1.57. The van der Waals surface area contributed by atoms with Crippen molar-refractivity contribution in [2.45, 2.75) is 38.1 Å². The molecule has 86 valence electrons. The maximum atomic E-state index is 11.0. The van der Waals surface area contributed by atoms with E-state index in [4.69, 9.17) is 5.11 Å². The van der Waals surface area contributed by atoms with Crippen molar-refractivity contribution >= 4 is 21.9 Å². The predicted molar refractivity (Wildman–Crippen MR) is 61.3 cm³/mol. The molecule has 0 bridgehead atoms. The third-order valence-electron chi connectivity index (χ3n) is 3.49. The highest BCUT2D eigenvalue weighted by Crippen LogP contribution is 2.42. The average molecular weight is 285 g/mol. The maximum absolute atomic E-state index is 11.0. The van der Waals surface area contributed by atoms with E-state index in [1.54, 1.807) is 0 Å². The van der Waals surface area contributed by atoms with Gasteiger partial charge >= 0.3 is 5.97 Å². The molecule has 1 atom stereocenters. The van der Waals surface area contributed by atoms with Crippen LogP contribution < -0.4 is 0 Å². The van der Waals surface area contributed by atoms with Crippen molar-refractivity contribution in [2.24, 2.45) is 5.92 Å². The van der Waals surface area contributed by atoms with E-state index in [1.165, 1.54) is 12.8 Å². The minimum atomic E-state index is -0.688. The van der Waals surface area contributed by atoms with Crippen molar-refractivity contribution in [3.05, 3.63) is 16.1 Å². The SMILES string of the molecule is O=C(O)C1CCn2c(C3CC3)nc(Br)c2C1. The number of imidazole rings is 1. The molecule has 0 spiro atoms. The van der Waals surface area contributed by atoms with Crippen LogP contribution in [0.1, 0.15) is 36.7 Å². The molecule has 1 fully saturated rings. The van der Waals surface area contributed by atoms with Crippen molar-refractivity contribution in [1.29, 1.82) is 0 Å². The monoisotopic (exact) mass is 284 g/mol. The van der Waals surface area contributed by atoms with Crippen LogP contribution in [-0.4, -0.2) is 20.6 Å². The van der Waals surface area contributed by atoms with Gasteiger partial charge in [-0.15, -0.1) is 0 Å². The number of aromatic nitrogens is 2. The number of hydrogen-bond donors (Lipinski definition) is 1. The summed E-state index contributed by atoms with van der Waals surface area (Å²) in [5.41, 5.74) is 1.07. The van der Waals surface area contributed by atoms with Gasteiger partial charge in [-0.1, -0.05) is 0 Å². The largest absolute Gasteiger partial charge is 0.481 e. The van der Waals surface area contributed by atoms with Crippen LogP contribution in [0.3, 0.4) is 0 Å². The summed E-state index contributed by atoms with van der Waals surface area (Å²) in [6, 6.07) is 0. The Morgan fingerprint density at radius 2 is 2.19 bits per heavy atom. The van der Waals surface area contributed by atoms with Gasteiger partial charge in [0.15, 0.2) is 0 Å². The summed E-state index contributed by atoms with van der Waals surface area (Å²) in [6.45, 7) is 0.802. The number of carbonyl (C=O) groups is 1. The van der Waals surface area contributed by atoms with E-state index in [9.17, 15) is 4.79 Å². The first-order valence-electron chi connectivity index (χ1n) is 5.64. The second kappa shape index (κ2) is 3.58. The first-order chi connectivity index (χ1) is 7.66. The normalized spacial score (nSPS) is 24.2. The molecule has 0 aromatic carbocycles. The van der Waals surface area contributed by atoms with Crippen molar-refractivity contribution < 1.29 is 9.90 Å². The minimum Gasteiger partial charge on any atom is -0.481 e. The molecule has 5 heteroatoms. The van der Waals surface area contributed by atoms with Crippen LogP contribution in [0, 0.1) is 5.92 Å². The number of aliphatic carboxylic acids is 1. The summed E-state index contributed by atoms with van der Waals surface area (Å²) < 4.78 is 3.07. The molecule has 2 aliphatic rings. The summed E-state index contributed by atoms with van der Waals surface area (Å²) >= 11 is 3.45. The van der Waals surface area contributed by atoms with Gasteiger partial charge in [-0.3, -0.25) is 4.79 Å². The lowest BCUT2D eigenvalue weighted by atomic mass is 9.96. The first kappa shape index (κ1) is 10.3. The van der Waals surface area contributed by atoms with Crippen molar-refractivity contribution in [2.75, 3.05) is 0 Å². The van der Waals surface area contributed by atoms with Gasteiger partial charge < -0.3 is 9.67 Å². The molecule has 2 heterocycles. The molecule has 1 aromatic heterocycles. The van der Waals surface area contributed by atoms with Gasteiger partial charge in [0.2, 0.25) is 0 Å². The van der Waals surface area contributed by atoms with Crippen LogP contribution in [0.5, 0.6) is 0 Å². The maximum Gasteiger partial charge on any atom is 0.306 e. The van der Waals surface area contributed by atoms with E-state index in [0.29, 0.717) is 12.3 Å². The molecular formula is C11H13BrN2O2. The fourth-order valence-electron chi connectivity index (χ4n) is 2.40. The zero-order valence-corrected chi connectivity index (χ0v) is 10.4. The fourth-order valence-corrected chi connectivity index (χ4v) is 2.96. The summed E-state index contributed by atoms with van der Waals surface area (Å²) in [7, 11) is 0. The second-order valence-corrected chi connectivity index (χ2v) is 5.41. The topological polar surface area (TPSA) is 55.1 Å². The Labute approximate surface area is 102 Å². The Balaban J connectivity index is 1.95. The average Bonchev–Trinajstić information content (AvgIpc) is 3.04. The van der Waals surface area contributed by atoms with Gasteiger partial charge in [0.1, 0.15) is 10.4 Å². The van der Waals surface area contributed by atoms with Crippen LogP contribution in [-0.2, 0) is 17.8 Å². The third-order valence-corrected chi connectivity index (χ3v) is 4.12. The molecule has 1 aliphatic heterocycles. The van der Waals surface area contributed by atoms with Crippen molar-refractivity contribution in [3.8, 4) is 0 Å². The molecule has 0 radical (unpaired) electrons. The predicted octanol–water partition coefficient (Wildman–Crippen LogP) is 2.17. The molecule has 1 unspecified atom stereocenters. The van der Waals surface area contributed by atoms with Crippen LogP contribution >= 0.6 is 15.9 Å². The number of carboxylic acid groups (broad SMARTS) is 1. The number of halogens is 1. The summed E-state index contributed by atoms with van der Waals surface area (Å²) in [5, 5.41) is 9.04. The molecule has 1 aliphatic carbocycles. The molecule has 16 heavy (non-hydrogen) atoms. The highest BCUT2D eigenvalue weighted by molar-refractivity contribution is 9.10. The first-order valence-corrected chi connectivity index (χ1v) is 6.43. The summed E-state index contributed by atoms with van der Waals surface area (Å²) in [6.07, 6.45) is 3.79. The smallest absolute Gasteiger partial charge is 0.306 e. The molecule has 3 rings (SSSR count). The number of carboxylic acids is 1. The van der Waals surface area contributed by atoms with Gasteiger partial charge in [-0.05, 0) is 35.2 Å². The number of fused-ring (bicyclic) bond motifs is 1. The van der Waals surface area contributed by atoms with Crippen LogP contribution in [0.25, 0.3) is 0 Å². The van der Waals surface area contributed by atoms with E-state index >= 15 is 0 Å². The fraction of sp³-hybridized carbons (Fsp3) is 0.636. The molecule has 0 saturated heterocycles. The molecule has 1 N–H and O–H groups in total. The van der Waals surface area contributed by atoms with Gasteiger partial charge in [0.25, 0.3) is 0 Å². The van der Waals surface area contributed by atoms with E-state index in [1.807, 2.05) is 0 Å². The highest BCUT2D eigenvalue weighted by Gasteiger charge is 2.34. The quantitative estimate of drug-likeness (QED) is 0.906. The zero-order chi connectivity index (χ0) is 11.3. The van der Waals surface area contributed by atoms with Gasteiger partial charge in [-0.25, -0.2) is 4.98 Å². The summed E-state index contributed by atoms with van der Waals surface area (Å²) in [4.78, 5) is 15.5. The van der Waals surface area contributed by atoms with Crippen molar-refractivity contribution in [1.82, 2.24) is 9.55 Å². The number of nitrogens with zero attached hydrogens (tertiary/aromatic N) is 2. The van der Waals surface area contributed by atoms with Crippen LogP contribution in [0.2, 0.25) is 0 Å². The Morgan fingerprint density at radius 3 is 2.81 bits per heavy atom. The molecule has 1 saturated carbocycles. The Bertz CT molecular complexity index is 451. The van der Waals surface area contributed by atoms with Gasteiger partial charge in [-0.2, -0.15) is 0 Å². The van der Waals surface area contributed by atoms with Crippen molar-refractivity contribution in [3.63, 3.8) is 0 Å². The van der Waals surface area contributed by atoms with Gasteiger partial charge in [0, 0.05) is 18.9 Å². The highest BCUT2D eigenvalue weighted by atomic mass is 79.9. The Hall–Kier alpha value is -0.840. The number of hydrogen-bond acceptors (Lipinski definition) is 2. The van der Waals surface area contributed by atoms with E-state index in [0.717, 1.165) is 29.1 Å². The molecule has 1 aromatic rings. The van der Waals surface area contributed by atoms with Gasteiger partial charge in [0.05, 0.1) is 11.6 Å². The number of rotatable bonds is 2. The Morgan fingerprint density at radius 1 is 1.44 bits per heavy atom. The lowest BCUT2D eigenvalue weighted by Crippen LogP contribution is -2.26. The second-order valence-electron chi connectivity index (χ2n) is 4.66. The lowest BCUT2D eigenvalue weighted by Gasteiger charge is -2.22. The lowest BCUT2D eigenvalue weighted by molar-refractivity contribution is -0.142. The van der Waals surface area contributed by atoms with E-state index < -0.39 is 5.97 Å². The van der Waals surface area contributed by atoms with Crippen LogP contribution in [0.15, 0.2) is 4.60 Å². The molecule has 4 nitrogen and oxygen atoms in total. The standard InChI is InChI=1S/C11H13BrN2O2/c12-9-8-5-7(11(15)16)3-4-14(8)10(13-9)6-1-2-6/h6-7H,1-5H2,(H,15,16).